The molecule has 1 rings (SSSR count). The second-order valence-electron chi connectivity index (χ2n) is 8.19. The van der Waals surface area contributed by atoms with Crippen molar-refractivity contribution in [1.82, 2.24) is 4.90 Å². The van der Waals surface area contributed by atoms with Crippen molar-refractivity contribution in [3.05, 3.63) is 24.3 Å². The molecule has 1 aromatic rings. The van der Waals surface area contributed by atoms with Crippen molar-refractivity contribution in [3.63, 3.8) is 0 Å². The molecule has 0 saturated carbocycles. The van der Waals surface area contributed by atoms with E-state index in [0.29, 0.717) is 4.90 Å². The predicted molar refractivity (Wildman–Crippen MR) is 112 cm³/mol. The highest BCUT2D eigenvalue weighted by Gasteiger charge is 2.38. The third kappa shape index (κ3) is 7.33. The van der Waals surface area contributed by atoms with Crippen LogP contribution in [-0.2, 0) is 19.4 Å². The molecule has 3 amide bonds. The molecular formula is C20H30N2O7S. The Morgan fingerprint density at radius 1 is 1.13 bits per heavy atom. The van der Waals surface area contributed by atoms with Gasteiger partial charge in [0, 0.05) is 5.69 Å². The lowest BCUT2D eigenvalue weighted by Crippen LogP contribution is -2.52. The second-order valence-corrected chi connectivity index (χ2v) is 10.5. The van der Waals surface area contributed by atoms with Crippen LogP contribution in [0.5, 0.6) is 0 Å². The third-order valence-corrected chi connectivity index (χ3v) is 5.70. The number of carbonyl (C=O) groups is 3. The molecule has 0 unspecified atom stereocenters. The summed E-state index contributed by atoms with van der Waals surface area (Å²) in [7, 11) is -3.41. The SMILES string of the molecule is CCS(=O)(=O)c1ccc(NC(=O)N(C(=O)OC(C)(C)C)[C@@H](CC(C)C)C(=O)O)cc1. The van der Waals surface area contributed by atoms with E-state index in [1.165, 1.54) is 31.2 Å². The average Bonchev–Trinajstić information content (AvgIpc) is 2.59. The number of nitrogens with one attached hydrogen (secondary N) is 1. The van der Waals surface area contributed by atoms with E-state index in [9.17, 15) is 27.9 Å². The molecule has 0 radical (unpaired) electrons. The maximum atomic E-state index is 12.8. The van der Waals surface area contributed by atoms with Gasteiger partial charge in [0.15, 0.2) is 9.84 Å². The molecule has 0 aromatic heterocycles. The molecule has 0 spiro atoms. The monoisotopic (exact) mass is 442 g/mol. The van der Waals surface area contributed by atoms with Crippen molar-refractivity contribution in [2.24, 2.45) is 5.92 Å². The van der Waals surface area contributed by atoms with Crippen LogP contribution in [0.3, 0.4) is 0 Å². The topological polar surface area (TPSA) is 130 Å². The molecule has 9 nitrogen and oxygen atoms in total. The number of rotatable bonds is 7. The minimum absolute atomic E-state index is 0.0374. The van der Waals surface area contributed by atoms with Crippen molar-refractivity contribution in [2.45, 2.75) is 64.5 Å². The second kappa shape index (κ2) is 9.92. The Balaban J connectivity index is 3.21. The Morgan fingerprint density at radius 3 is 2.07 bits per heavy atom. The number of carboxylic acids is 1. The van der Waals surface area contributed by atoms with Crippen LogP contribution in [0, 0.1) is 5.92 Å². The van der Waals surface area contributed by atoms with E-state index >= 15 is 0 Å². The highest BCUT2D eigenvalue weighted by atomic mass is 32.2. The van der Waals surface area contributed by atoms with Gasteiger partial charge in [0.2, 0.25) is 0 Å². The van der Waals surface area contributed by atoms with Crippen LogP contribution in [-0.4, -0.2) is 53.9 Å². The number of imide groups is 1. The van der Waals surface area contributed by atoms with Gasteiger partial charge in [0.05, 0.1) is 10.6 Å². The Bertz CT molecular complexity index is 871. The third-order valence-electron chi connectivity index (χ3n) is 3.95. The molecule has 0 aliphatic rings. The molecular weight excluding hydrogens is 412 g/mol. The molecule has 0 aliphatic carbocycles. The van der Waals surface area contributed by atoms with E-state index in [4.69, 9.17) is 4.74 Å². The van der Waals surface area contributed by atoms with Crippen LogP contribution >= 0.6 is 0 Å². The van der Waals surface area contributed by atoms with Gasteiger partial charge >= 0.3 is 18.1 Å². The largest absolute Gasteiger partial charge is 0.480 e. The first-order valence-corrected chi connectivity index (χ1v) is 11.2. The first-order chi connectivity index (χ1) is 13.7. The molecule has 0 aliphatic heterocycles. The lowest BCUT2D eigenvalue weighted by molar-refractivity contribution is -0.142. The molecule has 2 N–H and O–H groups in total. The van der Waals surface area contributed by atoms with Crippen molar-refractivity contribution < 1.29 is 32.6 Å². The molecule has 1 atom stereocenters. The van der Waals surface area contributed by atoms with Crippen LogP contribution in [0.1, 0.15) is 48.0 Å². The standard InChI is InChI=1S/C20H30N2O7S/c1-7-30(27,28)15-10-8-14(9-11-15)21-18(25)22(19(26)29-20(4,5)6)16(17(23)24)12-13(2)3/h8-11,13,16H,7,12H2,1-6H3,(H,21,25)(H,23,24)/t16-/m0/s1. The predicted octanol–water partition coefficient (Wildman–Crippen LogP) is 3.75. The Morgan fingerprint density at radius 2 is 1.67 bits per heavy atom. The van der Waals surface area contributed by atoms with Crippen molar-refractivity contribution in [2.75, 3.05) is 11.1 Å². The normalized spacial score (nSPS) is 12.9. The molecule has 1 aromatic carbocycles. The van der Waals surface area contributed by atoms with Gasteiger partial charge in [-0.25, -0.2) is 27.7 Å². The zero-order valence-electron chi connectivity index (χ0n) is 18.1. The summed E-state index contributed by atoms with van der Waals surface area (Å²) in [5.41, 5.74) is -0.732. The number of hydrogen-bond acceptors (Lipinski definition) is 6. The van der Waals surface area contributed by atoms with Gasteiger partial charge in [-0.05, 0) is 57.4 Å². The fraction of sp³-hybridized carbons (Fsp3) is 0.550. The Kier molecular flexibility index (Phi) is 8.41. The average molecular weight is 443 g/mol. The van der Waals surface area contributed by atoms with Gasteiger partial charge in [-0.15, -0.1) is 0 Å². The fourth-order valence-electron chi connectivity index (χ4n) is 2.52. The van der Waals surface area contributed by atoms with Gasteiger partial charge in [0.1, 0.15) is 11.6 Å². The number of benzene rings is 1. The number of carboxylic acid groups (broad SMARTS) is 1. The van der Waals surface area contributed by atoms with Crippen LogP contribution < -0.4 is 5.32 Å². The lowest BCUT2D eigenvalue weighted by Gasteiger charge is -2.30. The Labute approximate surface area is 177 Å². The van der Waals surface area contributed by atoms with Gasteiger partial charge in [-0.3, -0.25) is 0 Å². The zero-order chi connectivity index (χ0) is 23.3. The van der Waals surface area contributed by atoms with E-state index < -0.39 is 39.6 Å². The van der Waals surface area contributed by atoms with Crippen LogP contribution in [0.2, 0.25) is 0 Å². The zero-order valence-corrected chi connectivity index (χ0v) is 18.9. The molecule has 0 bridgehead atoms. The number of hydrogen-bond donors (Lipinski definition) is 2. The number of urea groups is 1. The van der Waals surface area contributed by atoms with E-state index in [-0.39, 0.29) is 28.7 Å². The number of carbonyl (C=O) groups excluding carboxylic acids is 2. The quantitative estimate of drug-likeness (QED) is 0.657. The maximum Gasteiger partial charge on any atom is 0.419 e. The molecule has 0 heterocycles. The van der Waals surface area contributed by atoms with E-state index in [1.54, 1.807) is 34.6 Å². The number of nitrogens with zero attached hydrogens (tertiary/aromatic N) is 1. The number of aliphatic carboxylic acids is 1. The highest BCUT2D eigenvalue weighted by Crippen LogP contribution is 2.20. The molecule has 0 fully saturated rings. The van der Waals surface area contributed by atoms with Gasteiger partial charge < -0.3 is 15.2 Å². The molecule has 30 heavy (non-hydrogen) atoms. The molecule has 10 heteroatoms. The van der Waals surface area contributed by atoms with Crippen molar-refractivity contribution in [1.29, 1.82) is 0 Å². The molecule has 0 saturated heterocycles. The number of sulfone groups is 1. The van der Waals surface area contributed by atoms with Gasteiger partial charge in [-0.1, -0.05) is 20.8 Å². The van der Waals surface area contributed by atoms with E-state index in [1.807, 2.05) is 0 Å². The lowest BCUT2D eigenvalue weighted by atomic mass is 10.0. The fourth-order valence-corrected chi connectivity index (χ4v) is 3.41. The summed E-state index contributed by atoms with van der Waals surface area (Å²) < 4.78 is 29.1. The summed E-state index contributed by atoms with van der Waals surface area (Å²) in [6, 6.07) is 2.98. The first-order valence-electron chi connectivity index (χ1n) is 9.56. The number of ether oxygens (including phenoxy) is 1. The summed E-state index contributed by atoms with van der Waals surface area (Å²) in [6.45, 7) is 9.87. The summed E-state index contributed by atoms with van der Waals surface area (Å²) in [4.78, 5) is 37.9. The maximum absolute atomic E-state index is 12.8. The van der Waals surface area contributed by atoms with Gasteiger partial charge in [-0.2, -0.15) is 0 Å². The van der Waals surface area contributed by atoms with Crippen molar-refractivity contribution in [3.8, 4) is 0 Å². The minimum atomic E-state index is -3.41. The van der Waals surface area contributed by atoms with Gasteiger partial charge in [0.25, 0.3) is 0 Å². The Hall–Kier alpha value is -2.62. The van der Waals surface area contributed by atoms with Crippen LogP contribution in [0.25, 0.3) is 0 Å². The number of anilines is 1. The summed E-state index contributed by atoms with van der Waals surface area (Å²) in [5, 5.41) is 12.1. The summed E-state index contributed by atoms with van der Waals surface area (Å²) in [6.07, 6.45) is -1.05. The summed E-state index contributed by atoms with van der Waals surface area (Å²) >= 11 is 0. The van der Waals surface area contributed by atoms with Crippen molar-refractivity contribution >= 4 is 33.6 Å². The van der Waals surface area contributed by atoms with E-state index in [0.717, 1.165) is 0 Å². The van der Waals surface area contributed by atoms with E-state index in [2.05, 4.69) is 5.32 Å². The van der Waals surface area contributed by atoms with Crippen LogP contribution in [0.15, 0.2) is 29.2 Å². The highest BCUT2D eigenvalue weighted by molar-refractivity contribution is 7.91. The first kappa shape index (κ1) is 25.4. The molecule has 168 valence electrons. The number of amides is 3. The summed E-state index contributed by atoms with van der Waals surface area (Å²) in [5.74, 6) is -1.52. The smallest absolute Gasteiger partial charge is 0.419 e. The minimum Gasteiger partial charge on any atom is -0.480 e. The van der Waals surface area contributed by atoms with Crippen LogP contribution in [0.4, 0.5) is 15.3 Å².